The van der Waals surface area contributed by atoms with Gasteiger partial charge in [0.05, 0.1) is 43.3 Å². The fourth-order valence-corrected chi connectivity index (χ4v) is 4.01. The van der Waals surface area contributed by atoms with Gasteiger partial charge in [-0.05, 0) is 38.0 Å². The molecular formula is C19H22N2O6S. The molecule has 2 aromatic rings. The van der Waals surface area contributed by atoms with E-state index in [-0.39, 0.29) is 11.7 Å². The highest BCUT2D eigenvalue weighted by Gasteiger charge is 2.24. The second-order valence-corrected chi connectivity index (χ2v) is 7.76. The topological polar surface area (TPSA) is 96.7 Å². The van der Waals surface area contributed by atoms with Gasteiger partial charge in [-0.25, -0.2) is 9.78 Å². The Morgan fingerprint density at radius 2 is 2.14 bits per heavy atom. The molecule has 1 fully saturated rings. The molecule has 9 heteroatoms. The fourth-order valence-electron chi connectivity index (χ4n) is 3.06. The summed E-state index contributed by atoms with van der Waals surface area (Å²) in [5, 5.41) is 0.225. The Balaban J connectivity index is 2.09. The predicted octanol–water partition coefficient (Wildman–Crippen LogP) is 2.02. The van der Waals surface area contributed by atoms with E-state index in [1.807, 2.05) is 0 Å². The number of thioether (sulfide) groups is 1. The number of benzene rings is 1. The Kier molecular flexibility index (Phi) is 6.35. The molecule has 1 aromatic carbocycles. The van der Waals surface area contributed by atoms with Crippen molar-refractivity contribution in [1.82, 2.24) is 9.55 Å². The minimum atomic E-state index is -0.547. The zero-order valence-electron chi connectivity index (χ0n) is 16.0. The third-order valence-electron chi connectivity index (χ3n) is 4.57. The van der Waals surface area contributed by atoms with Crippen molar-refractivity contribution in [3.63, 3.8) is 0 Å². The number of esters is 2. The molecule has 0 amide bonds. The van der Waals surface area contributed by atoms with Crippen LogP contribution < -0.4 is 5.56 Å². The van der Waals surface area contributed by atoms with Gasteiger partial charge in [-0.1, -0.05) is 11.8 Å². The Bertz CT molecular complexity index is 951. The molecule has 0 radical (unpaired) electrons. The average Bonchev–Trinajstić information content (AvgIpc) is 3.22. The highest BCUT2D eigenvalue weighted by Crippen LogP contribution is 2.25. The van der Waals surface area contributed by atoms with E-state index < -0.39 is 17.2 Å². The van der Waals surface area contributed by atoms with Gasteiger partial charge in [-0.15, -0.1) is 0 Å². The van der Waals surface area contributed by atoms with Crippen LogP contribution in [0.15, 0.2) is 28.2 Å². The van der Waals surface area contributed by atoms with Gasteiger partial charge in [0.25, 0.3) is 5.56 Å². The fraction of sp³-hybridized carbons (Fsp3) is 0.474. The van der Waals surface area contributed by atoms with Crippen molar-refractivity contribution in [3.05, 3.63) is 34.1 Å². The highest BCUT2D eigenvalue weighted by molar-refractivity contribution is 8.00. The number of nitrogens with zero attached hydrogens (tertiary/aromatic N) is 2. The van der Waals surface area contributed by atoms with Crippen molar-refractivity contribution in [3.8, 4) is 0 Å². The second-order valence-electron chi connectivity index (χ2n) is 6.45. The molecule has 1 aliphatic heterocycles. The van der Waals surface area contributed by atoms with E-state index in [2.05, 4.69) is 4.98 Å². The van der Waals surface area contributed by atoms with Crippen LogP contribution in [0.5, 0.6) is 0 Å². The van der Waals surface area contributed by atoms with Crippen LogP contribution in [0, 0.1) is 0 Å². The first-order valence-corrected chi connectivity index (χ1v) is 9.81. The number of methoxy groups -OCH3 is 2. The number of aromatic nitrogens is 2. The van der Waals surface area contributed by atoms with Crippen LogP contribution in [0.4, 0.5) is 0 Å². The smallest absolute Gasteiger partial charge is 0.337 e. The maximum Gasteiger partial charge on any atom is 0.337 e. The van der Waals surface area contributed by atoms with E-state index in [9.17, 15) is 14.4 Å². The van der Waals surface area contributed by atoms with Crippen LogP contribution in [-0.2, 0) is 25.5 Å². The van der Waals surface area contributed by atoms with Crippen molar-refractivity contribution in [2.24, 2.45) is 0 Å². The number of carbonyl (C=O) groups is 2. The summed E-state index contributed by atoms with van der Waals surface area (Å²) in [4.78, 5) is 41.4. The largest absolute Gasteiger partial charge is 0.468 e. The molecule has 2 unspecified atom stereocenters. The third-order valence-corrected chi connectivity index (χ3v) is 5.64. The molecule has 150 valence electrons. The standard InChI is InChI=1S/C19H22N2O6S/c1-11(17(23)25-2)28-19-20-15-9-12(18(24)26-3)6-7-14(15)16(22)21(19)10-13-5-4-8-27-13/h6-7,9,11,13H,4-5,8,10H2,1-3H3. The summed E-state index contributed by atoms with van der Waals surface area (Å²) < 4.78 is 16.7. The molecule has 8 nitrogen and oxygen atoms in total. The van der Waals surface area contributed by atoms with E-state index in [0.29, 0.717) is 34.8 Å². The highest BCUT2D eigenvalue weighted by atomic mass is 32.2. The van der Waals surface area contributed by atoms with Gasteiger partial charge in [0.15, 0.2) is 5.16 Å². The molecule has 2 heterocycles. The molecular weight excluding hydrogens is 384 g/mol. The van der Waals surface area contributed by atoms with Crippen molar-refractivity contribution in [1.29, 1.82) is 0 Å². The zero-order chi connectivity index (χ0) is 20.3. The molecule has 0 N–H and O–H groups in total. The maximum atomic E-state index is 13.1. The molecule has 2 atom stereocenters. The number of carbonyl (C=O) groups excluding carboxylic acids is 2. The van der Waals surface area contributed by atoms with Gasteiger partial charge >= 0.3 is 11.9 Å². The van der Waals surface area contributed by atoms with Crippen molar-refractivity contribution >= 4 is 34.6 Å². The summed E-state index contributed by atoms with van der Waals surface area (Å²) in [6, 6.07) is 4.63. The lowest BCUT2D eigenvalue weighted by atomic mass is 10.1. The molecule has 1 aliphatic rings. The van der Waals surface area contributed by atoms with Gasteiger partial charge in [-0.2, -0.15) is 0 Å². The molecule has 0 saturated carbocycles. The Labute approximate surface area is 166 Å². The Morgan fingerprint density at radius 1 is 1.36 bits per heavy atom. The van der Waals surface area contributed by atoms with Crippen LogP contribution in [0.2, 0.25) is 0 Å². The average molecular weight is 406 g/mol. The lowest BCUT2D eigenvalue weighted by Gasteiger charge is -2.18. The third kappa shape index (κ3) is 4.20. The lowest BCUT2D eigenvalue weighted by molar-refractivity contribution is -0.139. The van der Waals surface area contributed by atoms with Crippen molar-refractivity contribution in [2.45, 2.75) is 42.8 Å². The molecule has 28 heavy (non-hydrogen) atoms. The molecule has 1 saturated heterocycles. The first-order chi connectivity index (χ1) is 13.4. The van der Waals surface area contributed by atoms with Crippen molar-refractivity contribution in [2.75, 3.05) is 20.8 Å². The molecule has 0 aliphatic carbocycles. The molecule has 3 rings (SSSR count). The van der Waals surface area contributed by atoms with Crippen LogP contribution >= 0.6 is 11.8 Å². The van der Waals surface area contributed by atoms with E-state index in [4.69, 9.17) is 14.2 Å². The SMILES string of the molecule is COC(=O)c1ccc2c(=O)n(CC3CCCO3)c(SC(C)C(=O)OC)nc2c1. The minimum absolute atomic E-state index is 0.0703. The number of ether oxygens (including phenoxy) is 3. The number of hydrogen-bond donors (Lipinski definition) is 0. The van der Waals surface area contributed by atoms with Crippen LogP contribution in [-0.4, -0.2) is 53.7 Å². The van der Waals surface area contributed by atoms with E-state index in [0.717, 1.165) is 24.6 Å². The van der Waals surface area contributed by atoms with Gasteiger partial charge in [0.1, 0.15) is 5.25 Å². The zero-order valence-corrected chi connectivity index (χ0v) is 16.8. The molecule has 0 bridgehead atoms. The first kappa shape index (κ1) is 20.3. The van der Waals surface area contributed by atoms with Crippen LogP contribution in [0.25, 0.3) is 10.9 Å². The summed E-state index contributed by atoms with van der Waals surface area (Å²) in [6.45, 7) is 2.72. The summed E-state index contributed by atoms with van der Waals surface area (Å²) in [7, 11) is 2.61. The van der Waals surface area contributed by atoms with E-state index in [1.165, 1.54) is 26.4 Å². The number of fused-ring (bicyclic) bond motifs is 1. The minimum Gasteiger partial charge on any atom is -0.468 e. The lowest BCUT2D eigenvalue weighted by Crippen LogP contribution is -2.30. The Morgan fingerprint density at radius 3 is 2.79 bits per heavy atom. The first-order valence-electron chi connectivity index (χ1n) is 8.93. The number of rotatable bonds is 6. The predicted molar refractivity (Wildman–Crippen MR) is 104 cm³/mol. The number of hydrogen-bond acceptors (Lipinski definition) is 8. The second kappa shape index (κ2) is 8.74. The van der Waals surface area contributed by atoms with E-state index >= 15 is 0 Å². The summed E-state index contributed by atoms with van der Waals surface area (Å²) in [6.07, 6.45) is 1.74. The monoisotopic (exact) mass is 406 g/mol. The van der Waals surface area contributed by atoms with Gasteiger partial charge in [-0.3, -0.25) is 14.2 Å². The quantitative estimate of drug-likeness (QED) is 0.408. The summed E-state index contributed by atoms with van der Waals surface area (Å²) in [5.74, 6) is -0.921. The molecule has 1 aromatic heterocycles. The maximum absolute atomic E-state index is 13.1. The van der Waals surface area contributed by atoms with Gasteiger partial charge in [0, 0.05) is 6.61 Å². The summed E-state index contributed by atoms with van der Waals surface area (Å²) in [5.41, 5.74) is 0.434. The van der Waals surface area contributed by atoms with Gasteiger partial charge in [0.2, 0.25) is 0 Å². The Hall–Kier alpha value is -2.39. The normalized spacial score (nSPS) is 17.5. The van der Waals surface area contributed by atoms with Crippen LogP contribution in [0.3, 0.4) is 0 Å². The molecule has 0 spiro atoms. The summed E-state index contributed by atoms with van der Waals surface area (Å²) >= 11 is 1.14. The van der Waals surface area contributed by atoms with E-state index in [1.54, 1.807) is 17.6 Å². The van der Waals surface area contributed by atoms with Gasteiger partial charge < -0.3 is 14.2 Å². The van der Waals surface area contributed by atoms with Crippen molar-refractivity contribution < 1.29 is 23.8 Å². The van der Waals surface area contributed by atoms with Crippen LogP contribution in [0.1, 0.15) is 30.1 Å².